The molecule has 1 aromatic rings. The van der Waals surface area contributed by atoms with E-state index in [0.717, 1.165) is 13.1 Å². The van der Waals surface area contributed by atoms with Crippen molar-refractivity contribution in [2.75, 3.05) is 66.1 Å². The molecule has 4 aliphatic rings. The van der Waals surface area contributed by atoms with E-state index >= 15 is 0 Å². The van der Waals surface area contributed by atoms with Crippen LogP contribution in [0.5, 0.6) is 0 Å². The summed E-state index contributed by atoms with van der Waals surface area (Å²) < 4.78 is 18.6. The summed E-state index contributed by atoms with van der Waals surface area (Å²) in [5.41, 5.74) is -0.535. The highest BCUT2D eigenvalue weighted by Crippen LogP contribution is 2.60. The molecule has 1 N–H and O–H groups in total. The number of fused-ring (bicyclic) bond motifs is 1. The minimum absolute atomic E-state index is 0.0437. The van der Waals surface area contributed by atoms with Gasteiger partial charge in [-0.25, -0.2) is 0 Å². The molecule has 4 heterocycles. The van der Waals surface area contributed by atoms with Crippen molar-refractivity contribution in [2.24, 2.45) is 11.8 Å². The minimum Gasteiger partial charge on any atom is -0.455 e. The van der Waals surface area contributed by atoms with E-state index in [1.807, 2.05) is 37.3 Å². The summed E-state index contributed by atoms with van der Waals surface area (Å²) in [6, 6.07) is 7.79. The van der Waals surface area contributed by atoms with Crippen molar-refractivity contribution < 1.29 is 38.5 Å². The van der Waals surface area contributed by atoms with Crippen LogP contribution in [0.3, 0.4) is 0 Å². The summed E-state index contributed by atoms with van der Waals surface area (Å²) in [7, 11) is 1.69. The highest BCUT2D eigenvalue weighted by atomic mass is 79.9. The van der Waals surface area contributed by atoms with E-state index < -0.39 is 47.7 Å². The average molecular weight is 774 g/mol. The second kappa shape index (κ2) is 17.6. The van der Waals surface area contributed by atoms with Crippen LogP contribution in [0.4, 0.5) is 0 Å². The Morgan fingerprint density at radius 2 is 1.86 bits per heavy atom. The van der Waals surface area contributed by atoms with E-state index in [1.54, 1.807) is 33.9 Å². The van der Waals surface area contributed by atoms with Crippen molar-refractivity contribution in [1.29, 1.82) is 0 Å². The number of carbonyl (C=O) groups is 4. The van der Waals surface area contributed by atoms with Crippen molar-refractivity contribution in [1.82, 2.24) is 19.6 Å². The fourth-order valence-corrected chi connectivity index (χ4v) is 9.09. The Kier molecular flexibility index (Phi) is 13.5. The fraction of sp³-hybridized carbons (Fsp3) is 0.632. The number of alkyl halides is 1. The van der Waals surface area contributed by atoms with Crippen LogP contribution >= 0.6 is 15.9 Å². The van der Waals surface area contributed by atoms with Crippen LogP contribution in [-0.4, -0.2) is 143 Å². The van der Waals surface area contributed by atoms with Gasteiger partial charge in [0.2, 0.25) is 17.7 Å². The van der Waals surface area contributed by atoms with Gasteiger partial charge in [0.05, 0.1) is 37.2 Å². The number of ether oxygens (including phenoxy) is 3. The zero-order valence-electron chi connectivity index (χ0n) is 29.9. The number of aliphatic hydroxyl groups excluding tert-OH is 1. The normalized spacial score (nSPS) is 28.2. The SMILES string of the molecule is C=CCCC(=O)N(C)[C@@H](C)[C@@H](OC(=O)[C@@H]1[C@H]2O[C@@]3(CC2Br)[C@H](C(=O)N(CC=C)CCN2CCOCC2)N(CCCCO)C(=O)[C@@H]13)c1ccccc1. The number of unbranched alkanes of at least 4 members (excludes halogenated alkanes) is 1. The first-order valence-electron chi connectivity index (χ1n) is 18.1. The number of aliphatic hydroxyl groups is 1. The standard InChI is InChI=1S/C38H53BrN4O8/c1-5-7-15-29(45)40(4)26(3)32(27-13-9-8-10-14-27)50-37(48)30-31-35(46)43(17-11-12-22-44)34(38(31)25-28(39)33(30)51-38)36(47)42(16-6-2)19-18-41-20-23-49-24-21-41/h5-6,8-10,13-14,26,28,30-34,44H,1-2,7,11-12,15-25H2,3-4H3/t26-,28?,30-,31+,32+,33-,34-,38+/m0/s1. The fourth-order valence-electron chi connectivity index (χ4n) is 8.14. The summed E-state index contributed by atoms with van der Waals surface area (Å²) in [4.78, 5) is 63.7. The zero-order chi connectivity index (χ0) is 36.7. The number of halogens is 1. The summed E-state index contributed by atoms with van der Waals surface area (Å²) in [5, 5.41) is 9.56. The molecule has 1 unspecified atom stereocenters. The van der Waals surface area contributed by atoms with E-state index in [9.17, 15) is 24.3 Å². The van der Waals surface area contributed by atoms with Crippen molar-refractivity contribution >= 4 is 39.6 Å². The van der Waals surface area contributed by atoms with Crippen LogP contribution in [0.1, 0.15) is 50.7 Å². The quantitative estimate of drug-likeness (QED) is 0.104. The monoisotopic (exact) mass is 772 g/mol. The van der Waals surface area contributed by atoms with Crippen molar-refractivity contribution in [3.8, 4) is 0 Å². The maximum Gasteiger partial charge on any atom is 0.313 e. The predicted octanol–water partition coefficient (Wildman–Crippen LogP) is 2.95. The van der Waals surface area contributed by atoms with E-state index in [2.05, 4.69) is 34.0 Å². The lowest BCUT2D eigenvalue weighted by atomic mass is 9.70. The molecule has 0 saturated carbocycles. The lowest BCUT2D eigenvalue weighted by Gasteiger charge is -2.38. The molecular formula is C38H53BrN4O8. The van der Waals surface area contributed by atoms with Gasteiger partial charge in [-0.05, 0) is 38.2 Å². The van der Waals surface area contributed by atoms with Crippen LogP contribution in [0, 0.1) is 11.8 Å². The molecule has 280 valence electrons. The molecule has 4 saturated heterocycles. The highest BCUT2D eigenvalue weighted by molar-refractivity contribution is 9.09. The molecule has 1 aromatic carbocycles. The Hall–Kier alpha value is -3.10. The number of benzene rings is 1. The van der Waals surface area contributed by atoms with Gasteiger partial charge in [-0.1, -0.05) is 58.4 Å². The number of esters is 1. The van der Waals surface area contributed by atoms with E-state index in [1.165, 1.54) is 0 Å². The smallest absolute Gasteiger partial charge is 0.313 e. The van der Waals surface area contributed by atoms with Crippen LogP contribution in [0.2, 0.25) is 0 Å². The number of rotatable bonds is 18. The third-order valence-electron chi connectivity index (χ3n) is 10.9. The number of hydrogen-bond donors (Lipinski definition) is 1. The second-order valence-corrected chi connectivity index (χ2v) is 15.2. The van der Waals surface area contributed by atoms with Crippen LogP contribution in [0.25, 0.3) is 0 Å². The number of amides is 3. The van der Waals surface area contributed by atoms with E-state index in [4.69, 9.17) is 14.2 Å². The number of allylic oxidation sites excluding steroid dienone is 1. The summed E-state index contributed by atoms with van der Waals surface area (Å²) in [5.74, 6) is -3.18. The Morgan fingerprint density at radius 1 is 1.14 bits per heavy atom. The minimum atomic E-state index is -1.25. The molecule has 0 aromatic heterocycles. The molecular weight excluding hydrogens is 720 g/mol. The zero-order valence-corrected chi connectivity index (χ0v) is 31.5. The molecule has 4 aliphatic heterocycles. The number of likely N-dealkylation sites (N-methyl/N-ethyl adjacent to an activating group) is 1. The van der Waals surface area contributed by atoms with Crippen LogP contribution in [-0.2, 0) is 33.4 Å². The Bertz CT molecular complexity index is 1410. The van der Waals surface area contributed by atoms with Gasteiger partial charge in [0.15, 0.2) is 0 Å². The topological polar surface area (TPSA) is 129 Å². The number of nitrogens with zero attached hydrogens (tertiary/aromatic N) is 4. The largest absolute Gasteiger partial charge is 0.455 e. The third-order valence-corrected chi connectivity index (χ3v) is 11.8. The number of morpholine rings is 1. The number of likely N-dealkylation sites (tertiary alicyclic amines) is 1. The molecule has 13 heteroatoms. The molecule has 2 bridgehead atoms. The Morgan fingerprint density at radius 3 is 2.53 bits per heavy atom. The molecule has 0 radical (unpaired) electrons. The lowest BCUT2D eigenvalue weighted by Crippen LogP contribution is -2.57. The van der Waals surface area contributed by atoms with Gasteiger partial charge in [0.25, 0.3) is 0 Å². The van der Waals surface area contributed by atoms with Crippen molar-refractivity contribution in [3.05, 3.63) is 61.2 Å². The predicted molar refractivity (Wildman–Crippen MR) is 195 cm³/mol. The third kappa shape index (κ3) is 8.12. The van der Waals surface area contributed by atoms with Crippen LogP contribution in [0.15, 0.2) is 55.6 Å². The summed E-state index contributed by atoms with van der Waals surface area (Å²) in [6.45, 7) is 13.9. The molecule has 8 atom stereocenters. The second-order valence-electron chi connectivity index (χ2n) is 14.0. The molecule has 0 aliphatic carbocycles. The first kappa shape index (κ1) is 39.1. The average Bonchev–Trinajstić information content (AvgIpc) is 3.74. The summed E-state index contributed by atoms with van der Waals surface area (Å²) >= 11 is 3.76. The lowest BCUT2D eigenvalue weighted by molar-refractivity contribution is -0.164. The molecule has 51 heavy (non-hydrogen) atoms. The van der Waals surface area contributed by atoms with Crippen molar-refractivity contribution in [3.63, 3.8) is 0 Å². The Labute approximate surface area is 309 Å². The van der Waals surface area contributed by atoms with Crippen molar-refractivity contribution in [2.45, 2.75) is 73.7 Å². The highest BCUT2D eigenvalue weighted by Gasteiger charge is 2.77. The van der Waals surface area contributed by atoms with Gasteiger partial charge < -0.3 is 34.0 Å². The maximum absolute atomic E-state index is 14.7. The maximum atomic E-state index is 14.7. The van der Waals surface area contributed by atoms with Gasteiger partial charge in [-0.2, -0.15) is 0 Å². The van der Waals surface area contributed by atoms with Gasteiger partial charge >= 0.3 is 5.97 Å². The molecule has 1 spiro atoms. The molecule has 12 nitrogen and oxygen atoms in total. The molecule has 3 amide bonds. The van der Waals surface area contributed by atoms with Gasteiger partial charge in [-0.15, -0.1) is 13.2 Å². The first-order valence-corrected chi connectivity index (χ1v) is 19.1. The Balaban J connectivity index is 1.45. The summed E-state index contributed by atoms with van der Waals surface area (Å²) in [6.07, 6.45) is 3.98. The first-order chi connectivity index (χ1) is 24.6. The van der Waals surface area contributed by atoms with Gasteiger partial charge in [0.1, 0.15) is 17.7 Å². The van der Waals surface area contributed by atoms with Gasteiger partial charge in [0, 0.05) is 64.2 Å². The molecule has 5 rings (SSSR count). The van der Waals surface area contributed by atoms with E-state index in [0.29, 0.717) is 64.1 Å². The van der Waals surface area contributed by atoms with E-state index in [-0.39, 0.29) is 42.1 Å². The molecule has 4 fully saturated rings. The van der Waals surface area contributed by atoms with Crippen LogP contribution < -0.4 is 0 Å². The number of hydrogen-bond acceptors (Lipinski definition) is 9. The number of carbonyl (C=O) groups excluding carboxylic acids is 4. The van der Waals surface area contributed by atoms with Gasteiger partial charge in [-0.3, -0.25) is 24.1 Å².